The largest absolute Gasteiger partial charge is 0.487 e. The fraction of sp³-hybridized carbons (Fsp3) is 0.393. The van der Waals surface area contributed by atoms with Crippen molar-refractivity contribution < 1.29 is 27.8 Å². The van der Waals surface area contributed by atoms with Gasteiger partial charge in [-0.25, -0.2) is 4.99 Å². The standard InChI is InChI=1S/C28H30F2N4O4/c1-28(2)14-22-21-11-16(7-8-23(21)38-28)5-3-4-6-19-13-24(35)34(27(31)32-19)15-17-9-18(25(36)33-22)12-20(10-17)37-26(29)30/h3,5,7-12,19,22,26H,4,6,13-15H2,1-2H3,(H2,31,32)(H,33,36)/b5-3+. The number of halogens is 2. The van der Waals surface area contributed by atoms with Gasteiger partial charge in [-0.2, -0.15) is 8.78 Å². The lowest BCUT2D eigenvalue weighted by atomic mass is 9.88. The summed E-state index contributed by atoms with van der Waals surface area (Å²) in [5.74, 6) is -0.124. The average Bonchev–Trinajstić information content (AvgIpc) is 2.82. The van der Waals surface area contributed by atoms with Gasteiger partial charge in [0.15, 0.2) is 5.96 Å². The Bertz CT molecular complexity index is 1320. The summed E-state index contributed by atoms with van der Waals surface area (Å²) >= 11 is 0. The highest BCUT2D eigenvalue weighted by Crippen LogP contribution is 2.40. The molecule has 8 nitrogen and oxygen atoms in total. The van der Waals surface area contributed by atoms with Gasteiger partial charge in [-0.05, 0) is 68.1 Å². The van der Waals surface area contributed by atoms with Gasteiger partial charge < -0.3 is 20.5 Å². The predicted molar refractivity (Wildman–Crippen MR) is 138 cm³/mol. The molecule has 0 saturated heterocycles. The Morgan fingerprint density at radius 2 is 2.03 bits per heavy atom. The molecule has 0 aromatic heterocycles. The topological polar surface area (TPSA) is 106 Å². The van der Waals surface area contributed by atoms with Gasteiger partial charge in [-0.1, -0.05) is 18.2 Å². The van der Waals surface area contributed by atoms with Gasteiger partial charge in [0.05, 0.1) is 18.6 Å². The second-order valence-corrected chi connectivity index (χ2v) is 10.4. The average molecular weight is 525 g/mol. The van der Waals surface area contributed by atoms with Gasteiger partial charge in [-0.15, -0.1) is 0 Å². The highest BCUT2D eigenvalue weighted by molar-refractivity contribution is 5.98. The van der Waals surface area contributed by atoms with E-state index >= 15 is 0 Å². The van der Waals surface area contributed by atoms with E-state index in [1.54, 1.807) is 6.07 Å². The molecule has 0 saturated carbocycles. The summed E-state index contributed by atoms with van der Waals surface area (Å²) in [6.07, 6.45) is 6.07. The van der Waals surface area contributed by atoms with Crippen LogP contribution in [-0.4, -0.2) is 40.9 Å². The van der Waals surface area contributed by atoms with E-state index in [0.29, 0.717) is 30.6 Å². The first kappa shape index (κ1) is 25.7. The van der Waals surface area contributed by atoms with E-state index < -0.39 is 18.1 Å². The number of allylic oxidation sites excluding steroid dienone is 1. The lowest BCUT2D eigenvalue weighted by Crippen LogP contribution is -2.46. The van der Waals surface area contributed by atoms with Gasteiger partial charge in [0.25, 0.3) is 5.91 Å². The van der Waals surface area contributed by atoms with E-state index in [9.17, 15) is 18.4 Å². The fourth-order valence-corrected chi connectivity index (χ4v) is 5.17. The Morgan fingerprint density at radius 1 is 1.21 bits per heavy atom. The molecule has 3 N–H and O–H groups in total. The molecule has 38 heavy (non-hydrogen) atoms. The fourth-order valence-electron chi connectivity index (χ4n) is 5.17. The number of carbonyl (C=O) groups is 2. The van der Waals surface area contributed by atoms with Crippen molar-refractivity contribution in [2.24, 2.45) is 10.7 Å². The van der Waals surface area contributed by atoms with E-state index in [4.69, 9.17) is 10.5 Å². The lowest BCUT2D eigenvalue weighted by Gasteiger charge is -2.38. The molecule has 0 radical (unpaired) electrons. The first-order valence-electron chi connectivity index (χ1n) is 12.6. The third-order valence-electron chi connectivity index (χ3n) is 6.87. The summed E-state index contributed by atoms with van der Waals surface area (Å²) in [6, 6.07) is 9.38. The van der Waals surface area contributed by atoms with Gasteiger partial charge >= 0.3 is 6.61 Å². The summed E-state index contributed by atoms with van der Waals surface area (Å²) in [4.78, 5) is 32.2. The van der Waals surface area contributed by atoms with Crippen molar-refractivity contribution >= 4 is 23.8 Å². The molecular formula is C28H30F2N4O4. The number of hydrogen-bond donors (Lipinski definition) is 2. The minimum atomic E-state index is -3.08. The Morgan fingerprint density at radius 3 is 2.79 bits per heavy atom. The van der Waals surface area contributed by atoms with Gasteiger partial charge in [0.1, 0.15) is 17.1 Å². The summed E-state index contributed by atoms with van der Waals surface area (Å²) in [5, 5.41) is 3.05. The van der Waals surface area contributed by atoms with Gasteiger partial charge in [-0.3, -0.25) is 14.5 Å². The number of nitrogens with two attached hydrogens (primary N) is 1. The third-order valence-corrected chi connectivity index (χ3v) is 6.87. The molecule has 2 unspecified atom stereocenters. The molecule has 2 atom stereocenters. The zero-order valence-corrected chi connectivity index (χ0v) is 21.2. The number of carbonyl (C=O) groups excluding carboxylic acids is 2. The molecule has 2 aromatic rings. The molecule has 4 heterocycles. The van der Waals surface area contributed by atoms with Crippen LogP contribution < -0.4 is 20.5 Å². The zero-order valence-electron chi connectivity index (χ0n) is 21.2. The first-order chi connectivity index (χ1) is 18.1. The number of fused-ring (bicyclic) bond motifs is 4. The second-order valence-electron chi connectivity index (χ2n) is 10.4. The summed E-state index contributed by atoms with van der Waals surface area (Å²) < 4.78 is 37.0. The van der Waals surface area contributed by atoms with Crippen molar-refractivity contribution in [3.05, 3.63) is 64.7 Å². The zero-order chi connectivity index (χ0) is 27.0. The van der Waals surface area contributed by atoms with Crippen LogP contribution in [-0.2, 0) is 11.3 Å². The molecule has 0 fully saturated rings. The smallest absolute Gasteiger partial charge is 0.387 e. The van der Waals surface area contributed by atoms with Crippen LogP contribution in [0.4, 0.5) is 8.78 Å². The van der Waals surface area contributed by atoms with Crippen molar-refractivity contribution in [3.63, 3.8) is 0 Å². The van der Waals surface area contributed by atoms with E-state index in [1.165, 1.54) is 17.0 Å². The van der Waals surface area contributed by atoms with E-state index in [0.717, 1.165) is 11.1 Å². The number of aliphatic imine (C=N–C) groups is 1. The maximum atomic E-state index is 13.5. The van der Waals surface area contributed by atoms with Gasteiger partial charge in [0.2, 0.25) is 5.91 Å². The minimum absolute atomic E-state index is 0.0298. The number of alkyl halides is 2. The maximum absolute atomic E-state index is 13.5. The van der Waals surface area contributed by atoms with Gasteiger partial charge in [0, 0.05) is 24.0 Å². The lowest BCUT2D eigenvalue weighted by molar-refractivity contribution is -0.128. The SMILES string of the molecule is CC1(C)CC2NC(=O)c3cc(cc(OC(F)F)c3)CN3C(=O)CC(CC/C=C/c4ccc(c2c4)O1)N=C3N. The third kappa shape index (κ3) is 5.64. The Labute approximate surface area is 219 Å². The maximum Gasteiger partial charge on any atom is 0.387 e. The quantitative estimate of drug-likeness (QED) is 0.600. The number of benzene rings is 2. The Hall–Kier alpha value is -3.95. The molecule has 0 spiro atoms. The van der Waals surface area contributed by atoms with Crippen molar-refractivity contribution in [3.8, 4) is 11.5 Å². The summed E-state index contributed by atoms with van der Waals surface area (Å²) in [7, 11) is 0. The first-order valence-corrected chi connectivity index (χ1v) is 12.6. The highest BCUT2D eigenvalue weighted by atomic mass is 19.3. The molecule has 4 aliphatic heterocycles. The molecule has 200 valence electrons. The minimum Gasteiger partial charge on any atom is -0.487 e. The molecule has 4 aliphatic rings. The number of ether oxygens (including phenoxy) is 2. The molecule has 0 aliphatic carbocycles. The number of hydrogen-bond acceptors (Lipinski definition) is 6. The molecular weight excluding hydrogens is 494 g/mol. The van der Waals surface area contributed by atoms with Crippen LogP contribution in [0.25, 0.3) is 6.08 Å². The predicted octanol–water partition coefficient (Wildman–Crippen LogP) is 4.54. The summed E-state index contributed by atoms with van der Waals surface area (Å²) in [5.41, 5.74) is 7.92. The molecule has 2 amide bonds. The molecule has 6 bridgehead atoms. The number of rotatable bonds is 2. The van der Waals surface area contributed by atoms with Crippen LogP contribution >= 0.6 is 0 Å². The monoisotopic (exact) mass is 524 g/mol. The molecule has 6 rings (SSSR count). The van der Waals surface area contributed by atoms with Crippen LogP contribution in [0.3, 0.4) is 0 Å². The summed E-state index contributed by atoms with van der Waals surface area (Å²) in [6.45, 7) is 0.787. The number of amides is 2. The second kappa shape index (κ2) is 10.1. The van der Waals surface area contributed by atoms with Crippen LogP contribution in [0, 0.1) is 0 Å². The number of guanidine groups is 1. The van der Waals surface area contributed by atoms with E-state index in [2.05, 4.69) is 15.0 Å². The van der Waals surface area contributed by atoms with Crippen molar-refractivity contribution in [1.29, 1.82) is 0 Å². The van der Waals surface area contributed by atoms with Crippen molar-refractivity contribution in [1.82, 2.24) is 10.2 Å². The van der Waals surface area contributed by atoms with Crippen molar-refractivity contribution in [2.75, 3.05) is 0 Å². The Kier molecular flexibility index (Phi) is 6.81. The van der Waals surface area contributed by atoms with Crippen LogP contribution in [0.5, 0.6) is 11.5 Å². The molecule has 2 aromatic carbocycles. The van der Waals surface area contributed by atoms with Crippen LogP contribution in [0.2, 0.25) is 0 Å². The van der Waals surface area contributed by atoms with E-state index in [-0.39, 0.29) is 48.2 Å². The van der Waals surface area contributed by atoms with Crippen LogP contribution in [0.15, 0.2) is 47.5 Å². The number of nitrogens with zero attached hydrogens (tertiary/aromatic N) is 2. The Balaban J connectivity index is 1.58. The number of nitrogens with one attached hydrogen (secondary N) is 1. The van der Waals surface area contributed by atoms with Crippen LogP contribution in [0.1, 0.15) is 72.6 Å². The molecule has 10 heteroatoms. The normalized spacial score (nSPS) is 23.6. The van der Waals surface area contributed by atoms with E-state index in [1.807, 2.05) is 44.2 Å². The highest BCUT2D eigenvalue weighted by Gasteiger charge is 2.35. The van der Waals surface area contributed by atoms with Crippen molar-refractivity contribution in [2.45, 2.75) is 70.4 Å².